The number of fused-ring (bicyclic) bond motifs is 1. The highest BCUT2D eigenvalue weighted by atomic mass is 16.6. The van der Waals surface area contributed by atoms with Gasteiger partial charge in [0.25, 0.3) is 0 Å². The Morgan fingerprint density at radius 2 is 2.21 bits per heavy atom. The van der Waals surface area contributed by atoms with Gasteiger partial charge in [-0.05, 0) is 42.0 Å². The van der Waals surface area contributed by atoms with Crippen LogP contribution in [0.1, 0.15) is 23.1 Å². The summed E-state index contributed by atoms with van der Waals surface area (Å²) in [7, 11) is 0. The molecular formula is C11H15NO2. The Balaban J connectivity index is 2.31. The molecule has 1 aromatic rings. The summed E-state index contributed by atoms with van der Waals surface area (Å²) in [5.74, 6) is 5.37. The van der Waals surface area contributed by atoms with Gasteiger partial charge in [0.05, 0.1) is 6.61 Å². The minimum Gasteiger partial charge on any atom is -0.508 e. The second-order valence-electron chi connectivity index (χ2n) is 3.68. The Kier molecular flexibility index (Phi) is 2.70. The Bertz CT molecular complexity index is 336. The highest BCUT2D eigenvalue weighted by molar-refractivity contribution is 5.46. The fraction of sp³-hybridized carbons (Fsp3) is 0.455. The van der Waals surface area contributed by atoms with Gasteiger partial charge in [0.2, 0.25) is 0 Å². The monoisotopic (exact) mass is 193 g/mol. The van der Waals surface area contributed by atoms with Crippen LogP contribution in [-0.4, -0.2) is 11.7 Å². The summed E-state index contributed by atoms with van der Waals surface area (Å²) in [6, 6.07) is 3.79. The molecule has 0 radical (unpaired) electrons. The quantitative estimate of drug-likeness (QED) is 0.712. The first-order chi connectivity index (χ1) is 6.83. The van der Waals surface area contributed by atoms with E-state index in [1.165, 1.54) is 17.5 Å². The van der Waals surface area contributed by atoms with E-state index in [0.717, 1.165) is 18.4 Å². The van der Waals surface area contributed by atoms with Crippen molar-refractivity contribution >= 4 is 0 Å². The van der Waals surface area contributed by atoms with Gasteiger partial charge in [-0.2, -0.15) is 0 Å². The lowest BCUT2D eigenvalue weighted by molar-refractivity contribution is 0.140. The fourth-order valence-electron chi connectivity index (χ4n) is 2.17. The average molecular weight is 193 g/mol. The summed E-state index contributed by atoms with van der Waals surface area (Å²) in [6.07, 6.45) is 4.09. The summed E-state index contributed by atoms with van der Waals surface area (Å²) < 4.78 is 0. The average Bonchev–Trinajstić information content (AvgIpc) is 2.64. The number of benzene rings is 1. The number of phenolic OH excluding ortho intramolecular Hbond substituents is 1. The molecule has 0 bridgehead atoms. The molecular weight excluding hydrogens is 178 g/mol. The molecule has 1 aromatic carbocycles. The fourth-order valence-corrected chi connectivity index (χ4v) is 2.17. The largest absolute Gasteiger partial charge is 0.508 e. The molecule has 3 nitrogen and oxygen atoms in total. The highest BCUT2D eigenvalue weighted by Crippen LogP contribution is 2.31. The van der Waals surface area contributed by atoms with E-state index in [1.54, 1.807) is 6.07 Å². The molecule has 1 aliphatic rings. The van der Waals surface area contributed by atoms with Crippen LogP contribution in [0.25, 0.3) is 0 Å². The van der Waals surface area contributed by atoms with Crippen LogP contribution in [0.3, 0.4) is 0 Å². The molecule has 0 spiro atoms. The number of hydrogen-bond acceptors (Lipinski definition) is 3. The minimum absolute atomic E-state index is 0.378. The molecule has 1 aliphatic carbocycles. The molecule has 0 unspecified atom stereocenters. The first-order valence-corrected chi connectivity index (χ1v) is 4.97. The van der Waals surface area contributed by atoms with E-state index in [2.05, 4.69) is 4.84 Å². The van der Waals surface area contributed by atoms with Crippen molar-refractivity contribution in [1.29, 1.82) is 0 Å². The van der Waals surface area contributed by atoms with Crippen molar-refractivity contribution in [3.8, 4) is 5.75 Å². The lowest BCUT2D eigenvalue weighted by atomic mass is 10.00. The van der Waals surface area contributed by atoms with Crippen molar-refractivity contribution in [1.82, 2.24) is 0 Å². The Labute approximate surface area is 83.5 Å². The third-order valence-electron chi connectivity index (χ3n) is 2.85. The number of hydrogen-bond donors (Lipinski definition) is 2. The van der Waals surface area contributed by atoms with E-state index in [-0.39, 0.29) is 0 Å². The maximum absolute atomic E-state index is 9.70. The molecule has 0 saturated heterocycles. The third-order valence-corrected chi connectivity index (χ3v) is 2.85. The zero-order chi connectivity index (χ0) is 9.97. The number of phenols is 1. The van der Waals surface area contributed by atoms with Gasteiger partial charge >= 0.3 is 0 Å². The van der Waals surface area contributed by atoms with E-state index in [1.807, 2.05) is 6.07 Å². The molecule has 14 heavy (non-hydrogen) atoms. The highest BCUT2D eigenvalue weighted by Gasteiger charge is 2.17. The maximum Gasteiger partial charge on any atom is 0.119 e. The van der Waals surface area contributed by atoms with Gasteiger partial charge in [-0.1, -0.05) is 6.07 Å². The summed E-state index contributed by atoms with van der Waals surface area (Å²) in [4.78, 5) is 4.55. The predicted octanol–water partition coefficient (Wildman–Crippen LogP) is 1.31. The van der Waals surface area contributed by atoms with Crippen molar-refractivity contribution in [2.24, 2.45) is 5.90 Å². The van der Waals surface area contributed by atoms with Crippen LogP contribution >= 0.6 is 0 Å². The Morgan fingerprint density at radius 3 is 3.00 bits per heavy atom. The van der Waals surface area contributed by atoms with E-state index >= 15 is 0 Å². The first-order valence-electron chi connectivity index (χ1n) is 4.97. The van der Waals surface area contributed by atoms with Crippen molar-refractivity contribution in [3.63, 3.8) is 0 Å². The van der Waals surface area contributed by atoms with E-state index in [4.69, 9.17) is 5.90 Å². The van der Waals surface area contributed by atoms with Gasteiger partial charge < -0.3 is 9.94 Å². The number of aromatic hydroxyl groups is 1. The molecule has 76 valence electrons. The van der Waals surface area contributed by atoms with Crippen LogP contribution in [0.15, 0.2) is 12.1 Å². The van der Waals surface area contributed by atoms with Gasteiger partial charge in [-0.3, -0.25) is 0 Å². The second kappa shape index (κ2) is 3.98. The number of aryl methyl sites for hydroxylation is 1. The van der Waals surface area contributed by atoms with Gasteiger partial charge in [0, 0.05) is 6.42 Å². The molecule has 0 heterocycles. The standard InChI is InChI=1S/C11H15NO2/c12-14-7-6-10-9-3-1-2-8(9)4-5-11(10)13/h4-5,13H,1-3,6-7,12H2. The summed E-state index contributed by atoms with van der Waals surface area (Å²) in [5.41, 5.74) is 3.70. The van der Waals surface area contributed by atoms with E-state index < -0.39 is 0 Å². The Hall–Kier alpha value is -1.06. The second-order valence-corrected chi connectivity index (χ2v) is 3.68. The smallest absolute Gasteiger partial charge is 0.119 e. The lowest BCUT2D eigenvalue weighted by Gasteiger charge is -2.09. The number of rotatable bonds is 3. The molecule has 2 rings (SSSR count). The number of nitrogens with two attached hydrogens (primary N) is 1. The van der Waals surface area contributed by atoms with Crippen LogP contribution in [-0.2, 0) is 24.1 Å². The van der Waals surface area contributed by atoms with Crippen molar-refractivity contribution in [2.75, 3.05) is 6.61 Å². The first kappa shape index (κ1) is 9.49. The molecule has 0 amide bonds. The topological polar surface area (TPSA) is 55.5 Å². The molecule has 0 atom stereocenters. The van der Waals surface area contributed by atoms with Crippen LogP contribution in [0.4, 0.5) is 0 Å². The van der Waals surface area contributed by atoms with Gasteiger partial charge in [0.15, 0.2) is 0 Å². The Morgan fingerprint density at radius 1 is 1.36 bits per heavy atom. The zero-order valence-corrected chi connectivity index (χ0v) is 8.12. The maximum atomic E-state index is 9.70. The molecule has 3 heteroatoms. The third kappa shape index (κ3) is 1.61. The summed E-state index contributed by atoms with van der Waals surface area (Å²) in [6.45, 7) is 0.462. The van der Waals surface area contributed by atoms with Gasteiger partial charge in [-0.15, -0.1) is 0 Å². The van der Waals surface area contributed by atoms with Crippen LogP contribution in [0.2, 0.25) is 0 Å². The van der Waals surface area contributed by atoms with Crippen molar-refractivity contribution in [2.45, 2.75) is 25.7 Å². The van der Waals surface area contributed by atoms with Crippen LogP contribution in [0, 0.1) is 0 Å². The van der Waals surface area contributed by atoms with Crippen LogP contribution in [0.5, 0.6) is 5.75 Å². The molecule has 3 N–H and O–H groups in total. The molecule has 0 fully saturated rings. The molecule has 0 aromatic heterocycles. The van der Waals surface area contributed by atoms with Crippen molar-refractivity contribution in [3.05, 3.63) is 28.8 Å². The van der Waals surface area contributed by atoms with Crippen LogP contribution < -0.4 is 5.90 Å². The zero-order valence-electron chi connectivity index (χ0n) is 8.12. The normalized spacial score (nSPS) is 14.4. The van der Waals surface area contributed by atoms with Gasteiger partial charge in [0.1, 0.15) is 5.75 Å². The summed E-state index contributed by atoms with van der Waals surface area (Å²) in [5, 5.41) is 9.70. The van der Waals surface area contributed by atoms with Gasteiger partial charge in [-0.25, -0.2) is 5.90 Å². The van der Waals surface area contributed by atoms with Crippen molar-refractivity contribution < 1.29 is 9.94 Å². The molecule has 0 saturated carbocycles. The molecule has 0 aliphatic heterocycles. The SMILES string of the molecule is NOCCc1c(O)ccc2c1CCC2. The van der Waals surface area contributed by atoms with E-state index in [9.17, 15) is 5.11 Å². The summed E-state index contributed by atoms with van der Waals surface area (Å²) >= 11 is 0. The lowest BCUT2D eigenvalue weighted by Crippen LogP contribution is -2.05. The minimum atomic E-state index is 0.378. The predicted molar refractivity (Wildman–Crippen MR) is 54.0 cm³/mol. The van der Waals surface area contributed by atoms with E-state index in [0.29, 0.717) is 18.8 Å².